The first kappa shape index (κ1) is 17.8. The lowest BCUT2D eigenvalue weighted by Crippen LogP contribution is -2.44. The van der Waals surface area contributed by atoms with Crippen LogP contribution in [0.5, 0.6) is 5.75 Å². The molecule has 0 spiro atoms. The Bertz CT molecular complexity index is 789. The molecule has 2 aromatic carbocycles. The second-order valence-electron chi connectivity index (χ2n) is 7.33. The van der Waals surface area contributed by atoms with Gasteiger partial charge in [-0.1, -0.05) is 28.1 Å². The molecule has 0 radical (unpaired) electrons. The summed E-state index contributed by atoms with van der Waals surface area (Å²) in [5.74, 6) is 0.867. The molecule has 2 aliphatic rings. The van der Waals surface area contributed by atoms with Crippen LogP contribution in [0.15, 0.2) is 40.9 Å². The van der Waals surface area contributed by atoms with Gasteiger partial charge in [0.05, 0.1) is 0 Å². The number of carbonyl (C=O) groups excluding carboxylic acids is 1. The highest BCUT2D eigenvalue weighted by Gasteiger charge is 2.30. The minimum atomic E-state index is 0.114. The summed E-state index contributed by atoms with van der Waals surface area (Å²) >= 11 is 3.49. The molecular formula is C21H25BrN2O2. The Morgan fingerprint density at radius 2 is 1.81 bits per heavy atom. The maximum Gasteiger partial charge on any atom is 0.260 e. The minimum Gasteiger partial charge on any atom is -0.484 e. The first-order chi connectivity index (χ1) is 12.7. The van der Waals surface area contributed by atoms with Crippen molar-refractivity contribution in [2.75, 3.05) is 32.8 Å². The molecule has 2 heterocycles. The zero-order valence-electron chi connectivity index (χ0n) is 15.0. The Morgan fingerprint density at radius 1 is 1.04 bits per heavy atom. The Balaban J connectivity index is 1.36. The highest BCUT2D eigenvalue weighted by atomic mass is 79.9. The summed E-state index contributed by atoms with van der Waals surface area (Å²) < 4.78 is 6.88. The van der Waals surface area contributed by atoms with Crippen LogP contribution in [0.25, 0.3) is 10.8 Å². The van der Waals surface area contributed by atoms with Gasteiger partial charge in [-0.25, -0.2) is 0 Å². The van der Waals surface area contributed by atoms with Gasteiger partial charge in [0.25, 0.3) is 5.91 Å². The van der Waals surface area contributed by atoms with Gasteiger partial charge in [0.15, 0.2) is 6.61 Å². The predicted octanol–water partition coefficient (Wildman–Crippen LogP) is 4.07. The number of amides is 1. The Morgan fingerprint density at radius 3 is 2.65 bits per heavy atom. The summed E-state index contributed by atoms with van der Waals surface area (Å²) in [6.45, 7) is 4.38. The van der Waals surface area contributed by atoms with Crippen LogP contribution in [0, 0.1) is 0 Å². The van der Waals surface area contributed by atoms with Crippen LogP contribution in [0.3, 0.4) is 0 Å². The van der Waals surface area contributed by atoms with E-state index in [9.17, 15) is 4.79 Å². The molecule has 1 unspecified atom stereocenters. The van der Waals surface area contributed by atoms with Gasteiger partial charge in [0.1, 0.15) is 5.75 Å². The quantitative estimate of drug-likeness (QED) is 0.736. The van der Waals surface area contributed by atoms with Crippen molar-refractivity contribution in [3.05, 3.63) is 40.9 Å². The third-order valence-corrected chi connectivity index (χ3v) is 5.99. The van der Waals surface area contributed by atoms with Crippen LogP contribution in [0.1, 0.15) is 25.7 Å². The molecule has 2 saturated heterocycles. The van der Waals surface area contributed by atoms with Crippen LogP contribution in [0.2, 0.25) is 0 Å². The fraction of sp³-hybridized carbons (Fsp3) is 0.476. The molecule has 4 rings (SSSR count). The van der Waals surface area contributed by atoms with Crippen molar-refractivity contribution in [1.82, 2.24) is 9.80 Å². The van der Waals surface area contributed by atoms with E-state index in [1.165, 1.54) is 25.9 Å². The lowest BCUT2D eigenvalue weighted by molar-refractivity contribution is -0.134. The normalized spacial score (nSPS) is 20.8. The lowest BCUT2D eigenvalue weighted by Gasteiger charge is -2.28. The summed E-state index contributed by atoms with van der Waals surface area (Å²) in [5.41, 5.74) is 0. The van der Waals surface area contributed by atoms with Gasteiger partial charge in [-0.15, -0.1) is 0 Å². The standard InChI is InChI=1S/C21H25BrN2O2/c22-18-7-5-17-13-20(8-6-16(17)12-18)26-15-21(25)24-11-3-4-19(24)14-23-9-1-2-10-23/h5-8,12-13,19H,1-4,9-11,14-15H2. The SMILES string of the molecule is O=C(COc1ccc2cc(Br)ccc2c1)N1CCCC1CN1CCCC1. The Hall–Kier alpha value is -1.59. The number of hydrogen-bond donors (Lipinski definition) is 0. The average Bonchev–Trinajstić information content (AvgIpc) is 3.32. The highest BCUT2D eigenvalue weighted by molar-refractivity contribution is 9.10. The molecule has 1 atom stereocenters. The molecule has 1 amide bonds. The van der Waals surface area contributed by atoms with Crippen molar-refractivity contribution in [3.8, 4) is 5.75 Å². The van der Waals surface area contributed by atoms with Gasteiger partial charge in [0, 0.05) is 23.6 Å². The molecule has 5 heteroatoms. The molecule has 2 fully saturated rings. The van der Waals surface area contributed by atoms with Crippen molar-refractivity contribution < 1.29 is 9.53 Å². The van der Waals surface area contributed by atoms with Crippen LogP contribution >= 0.6 is 15.9 Å². The molecule has 0 aromatic heterocycles. The smallest absolute Gasteiger partial charge is 0.260 e. The number of benzene rings is 2. The van der Waals surface area contributed by atoms with Gasteiger partial charge < -0.3 is 14.5 Å². The summed E-state index contributed by atoms with van der Waals surface area (Å²) in [6, 6.07) is 12.5. The number of halogens is 1. The van der Waals surface area contributed by atoms with E-state index in [0.717, 1.165) is 46.9 Å². The molecule has 4 nitrogen and oxygen atoms in total. The first-order valence-corrected chi connectivity index (χ1v) is 10.3. The topological polar surface area (TPSA) is 32.8 Å². The van der Waals surface area contributed by atoms with Gasteiger partial charge in [0.2, 0.25) is 0 Å². The molecule has 138 valence electrons. The van der Waals surface area contributed by atoms with Crippen molar-refractivity contribution in [2.45, 2.75) is 31.7 Å². The van der Waals surface area contributed by atoms with Gasteiger partial charge >= 0.3 is 0 Å². The van der Waals surface area contributed by atoms with Gasteiger partial charge in [-0.2, -0.15) is 0 Å². The summed E-state index contributed by atoms with van der Waals surface area (Å²) in [5, 5.41) is 2.27. The largest absolute Gasteiger partial charge is 0.484 e. The van der Waals surface area contributed by atoms with E-state index in [4.69, 9.17) is 4.74 Å². The van der Waals surface area contributed by atoms with E-state index in [-0.39, 0.29) is 12.5 Å². The number of carbonyl (C=O) groups is 1. The fourth-order valence-corrected chi connectivity index (χ4v) is 4.51. The zero-order valence-corrected chi connectivity index (χ0v) is 16.6. The molecule has 0 N–H and O–H groups in total. The van der Waals surface area contributed by atoms with E-state index >= 15 is 0 Å². The first-order valence-electron chi connectivity index (χ1n) is 9.53. The van der Waals surface area contributed by atoms with Crippen LogP contribution < -0.4 is 4.74 Å². The van der Waals surface area contributed by atoms with Crippen molar-refractivity contribution in [2.24, 2.45) is 0 Å². The number of nitrogens with zero attached hydrogens (tertiary/aromatic N) is 2. The zero-order chi connectivity index (χ0) is 17.9. The fourth-order valence-electron chi connectivity index (χ4n) is 4.13. The number of ether oxygens (including phenoxy) is 1. The number of likely N-dealkylation sites (tertiary alicyclic amines) is 2. The van der Waals surface area contributed by atoms with Crippen molar-refractivity contribution in [3.63, 3.8) is 0 Å². The lowest BCUT2D eigenvalue weighted by atomic mass is 10.1. The van der Waals surface area contributed by atoms with Crippen LogP contribution in [0.4, 0.5) is 0 Å². The summed E-state index contributed by atoms with van der Waals surface area (Å²) in [4.78, 5) is 17.2. The third-order valence-electron chi connectivity index (χ3n) is 5.50. The molecule has 0 bridgehead atoms. The van der Waals surface area contributed by atoms with E-state index in [1.807, 2.05) is 29.2 Å². The Labute approximate surface area is 163 Å². The monoisotopic (exact) mass is 416 g/mol. The van der Waals surface area contributed by atoms with Gasteiger partial charge in [-0.05, 0) is 73.8 Å². The third kappa shape index (κ3) is 4.04. The second-order valence-corrected chi connectivity index (χ2v) is 8.25. The summed E-state index contributed by atoms with van der Waals surface area (Å²) in [7, 11) is 0. The van der Waals surface area contributed by atoms with Crippen molar-refractivity contribution >= 4 is 32.6 Å². The van der Waals surface area contributed by atoms with E-state index < -0.39 is 0 Å². The minimum absolute atomic E-state index is 0.114. The molecule has 26 heavy (non-hydrogen) atoms. The highest BCUT2D eigenvalue weighted by Crippen LogP contribution is 2.25. The number of hydrogen-bond acceptors (Lipinski definition) is 3. The van der Waals surface area contributed by atoms with Crippen LogP contribution in [-0.4, -0.2) is 54.5 Å². The van der Waals surface area contributed by atoms with Crippen molar-refractivity contribution in [1.29, 1.82) is 0 Å². The Kier molecular flexibility index (Phi) is 5.46. The van der Waals surface area contributed by atoms with Gasteiger partial charge in [-0.3, -0.25) is 4.79 Å². The maximum absolute atomic E-state index is 12.7. The van der Waals surface area contributed by atoms with E-state index in [0.29, 0.717) is 6.04 Å². The summed E-state index contributed by atoms with van der Waals surface area (Å²) in [6.07, 6.45) is 4.81. The average molecular weight is 417 g/mol. The number of fused-ring (bicyclic) bond motifs is 1. The second kappa shape index (κ2) is 7.97. The van der Waals surface area contributed by atoms with E-state index in [2.05, 4.69) is 33.0 Å². The molecule has 0 aliphatic carbocycles. The van der Waals surface area contributed by atoms with E-state index in [1.54, 1.807) is 0 Å². The maximum atomic E-state index is 12.7. The van der Waals surface area contributed by atoms with Crippen LogP contribution in [-0.2, 0) is 4.79 Å². The predicted molar refractivity (Wildman–Crippen MR) is 108 cm³/mol. The number of rotatable bonds is 5. The molecule has 0 saturated carbocycles. The molecule has 2 aromatic rings. The molecular weight excluding hydrogens is 392 g/mol. The molecule has 2 aliphatic heterocycles.